The van der Waals surface area contributed by atoms with E-state index in [1.807, 2.05) is 0 Å². The van der Waals surface area contributed by atoms with Gasteiger partial charge in [0.25, 0.3) is 0 Å². The van der Waals surface area contributed by atoms with E-state index in [9.17, 15) is 0 Å². The van der Waals surface area contributed by atoms with Crippen molar-refractivity contribution in [3.05, 3.63) is 231 Å². The highest BCUT2D eigenvalue weighted by atomic mass is 15.1. The Morgan fingerprint density at radius 1 is 0.300 bits per heavy atom. The second kappa shape index (κ2) is 13.9. The van der Waals surface area contributed by atoms with Crippen LogP contribution in [0.2, 0.25) is 0 Å². The van der Waals surface area contributed by atoms with Crippen LogP contribution in [-0.4, -0.2) is 4.57 Å². The number of aromatic nitrogens is 1. The number of benzene rings is 11. The fourth-order valence-electron chi connectivity index (χ4n) is 9.59. The molecular weight excluding hydrogens is 725 g/mol. The summed E-state index contributed by atoms with van der Waals surface area (Å²) in [5.41, 5.74) is 14.2. The molecule has 1 aromatic heterocycles. The van der Waals surface area contributed by atoms with Crippen molar-refractivity contribution in [3.8, 4) is 39.1 Å². The smallest absolute Gasteiger partial charge is 0.0541 e. The molecule has 12 rings (SSSR count). The van der Waals surface area contributed by atoms with Crippen molar-refractivity contribution < 1.29 is 0 Å². The lowest BCUT2D eigenvalue weighted by Gasteiger charge is -2.30. The van der Waals surface area contributed by atoms with Crippen molar-refractivity contribution in [1.82, 2.24) is 4.57 Å². The molecule has 0 atom stereocenters. The number of rotatable bonds is 7. The highest BCUT2D eigenvalue weighted by Gasteiger charge is 2.23. The van der Waals surface area contributed by atoms with Crippen LogP contribution in [0.15, 0.2) is 231 Å². The van der Waals surface area contributed by atoms with Gasteiger partial charge in [-0.1, -0.05) is 182 Å². The molecule has 0 saturated carbocycles. The number of nitrogens with zero attached hydrogens (tertiary/aromatic N) is 2. The first kappa shape index (κ1) is 34.1. The number of hydrogen-bond acceptors (Lipinski definition) is 1. The van der Waals surface area contributed by atoms with Gasteiger partial charge in [0.1, 0.15) is 0 Å². The molecule has 0 spiro atoms. The molecule has 12 aromatic rings. The summed E-state index contributed by atoms with van der Waals surface area (Å²) in [6, 6.07) is 84.2. The van der Waals surface area contributed by atoms with Crippen LogP contribution in [-0.2, 0) is 0 Å². The first-order valence-electron chi connectivity index (χ1n) is 20.7. The van der Waals surface area contributed by atoms with Crippen LogP contribution in [0.1, 0.15) is 0 Å². The molecule has 0 amide bonds. The monoisotopic (exact) mass is 762 g/mol. The van der Waals surface area contributed by atoms with Crippen LogP contribution in [0.4, 0.5) is 17.1 Å². The zero-order valence-electron chi connectivity index (χ0n) is 32.8. The van der Waals surface area contributed by atoms with Crippen LogP contribution in [0.25, 0.3) is 93.2 Å². The Morgan fingerprint density at radius 3 is 1.52 bits per heavy atom. The molecule has 0 saturated heterocycles. The van der Waals surface area contributed by atoms with Gasteiger partial charge in [0.2, 0.25) is 0 Å². The molecule has 60 heavy (non-hydrogen) atoms. The summed E-state index contributed by atoms with van der Waals surface area (Å²) < 4.78 is 2.46. The van der Waals surface area contributed by atoms with E-state index in [1.165, 1.54) is 93.2 Å². The molecule has 11 aromatic carbocycles. The molecule has 2 nitrogen and oxygen atoms in total. The Kier molecular flexibility index (Phi) is 7.89. The predicted octanol–water partition coefficient (Wildman–Crippen LogP) is 16.2. The number of para-hydroxylation sites is 3. The van der Waals surface area contributed by atoms with Crippen molar-refractivity contribution in [1.29, 1.82) is 0 Å². The zero-order chi connectivity index (χ0) is 39.6. The van der Waals surface area contributed by atoms with E-state index in [4.69, 9.17) is 0 Å². The molecule has 0 bridgehead atoms. The molecule has 0 aliphatic heterocycles. The standard InChI is InChI=1S/C58H38N2/c1-3-14-39(15-4-1)44-18-13-19-45(38-44)40-26-32-46(33-27-40)59(52-23-10-7-20-47(52)41-16-5-2-6-17-41)55-36-30-42-29-35-51-56(37-31-43-28-34-50(55)57(42)58(43)51)60-53-24-11-8-21-48(53)49-22-9-12-25-54(49)60/h1-38H. The lowest BCUT2D eigenvalue weighted by atomic mass is 9.91. The Labute approximate surface area is 348 Å². The van der Waals surface area contributed by atoms with Crippen molar-refractivity contribution in [2.75, 3.05) is 4.90 Å². The summed E-state index contributed by atoms with van der Waals surface area (Å²) >= 11 is 0. The summed E-state index contributed by atoms with van der Waals surface area (Å²) in [4.78, 5) is 2.46. The quantitative estimate of drug-likeness (QED) is 0.147. The Hall–Kier alpha value is -7.94. The Bertz CT molecular complexity index is 3470. The SMILES string of the molecule is c1ccc(-c2cccc(-c3ccc(N(c4ccccc4-c4ccccc4)c4ccc5ccc6c(-n7c8ccccc8c8ccccc87)ccc7ccc4c5c76)cc3)c2)cc1. The fourth-order valence-corrected chi connectivity index (χ4v) is 9.59. The van der Waals surface area contributed by atoms with Crippen LogP contribution < -0.4 is 4.90 Å². The third-order valence-corrected chi connectivity index (χ3v) is 12.3. The molecule has 0 N–H and O–H groups in total. The molecule has 1 heterocycles. The van der Waals surface area contributed by atoms with Crippen LogP contribution in [0, 0.1) is 0 Å². The topological polar surface area (TPSA) is 8.17 Å². The molecule has 0 aliphatic rings. The number of fused-ring (bicyclic) bond motifs is 3. The van der Waals surface area contributed by atoms with Gasteiger partial charge in [-0.15, -0.1) is 0 Å². The molecule has 0 aliphatic carbocycles. The normalized spacial score (nSPS) is 11.7. The molecule has 0 radical (unpaired) electrons. The van der Waals surface area contributed by atoms with E-state index in [0.29, 0.717) is 0 Å². The minimum atomic E-state index is 1.10. The average Bonchev–Trinajstić information content (AvgIpc) is 3.66. The second-order valence-corrected chi connectivity index (χ2v) is 15.7. The van der Waals surface area contributed by atoms with E-state index in [-0.39, 0.29) is 0 Å². The van der Waals surface area contributed by atoms with Crippen molar-refractivity contribution in [2.45, 2.75) is 0 Å². The van der Waals surface area contributed by atoms with Gasteiger partial charge in [0.05, 0.1) is 28.1 Å². The Balaban J connectivity index is 1.08. The fraction of sp³-hybridized carbons (Fsp3) is 0. The van der Waals surface area contributed by atoms with Gasteiger partial charge in [-0.05, 0) is 97.9 Å². The molecule has 2 heteroatoms. The van der Waals surface area contributed by atoms with E-state index in [1.54, 1.807) is 0 Å². The third kappa shape index (κ3) is 5.42. The lowest BCUT2D eigenvalue weighted by Crippen LogP contribution is -2.12. The maximum Gasteiger partial charge on any atom is 0.0541 e. The van der Waals surface area contributed by atoms with Crippen molar-refractivity contribution >= 4 is 71.2 Å². The molecule has 280 valence electrons. The maximum atomic E-state index is 2.46. The molecule has 0 unspecified atom stereocenters. The minimum absolute atomic E-state index is 1.10. The summed E-state index contributed by atoms with van der Waals surface area (Å²) in [5, 5.41) is 10.0. The van der Waals surface area contributed by atoms with E-state index in [2.05, 4.69) is 240 Å². The minimum Gasteiger partial charge on any atom is -0.309 e. The van der Waals surface area contributed by atoms with Crippen molar-refractivity contribution in [2.24, 2.45) is 0 Å². The van der Waals surface area contributed by atoms with Gasteiger partial charge < -0.3 is 9.47 Å². The maximum absolute atomic E-state index is 2.46. The highest BCUT2D eigenvalue weighted by molar-refractivity contribution is 6.27. The molecule has 0 fully saturated rings. The summed E-state index contributed by atoms with van der Waals surface area (Å²) in [5.74, 6) is 0. The van der Waals surface area contributed by atoms with Gasteiger partial charge in [-0.2, -0.15) is 0 Å². The highest BCUT2D eigenvalue weighted by Crippen LogP contribution is 2.48. The van der Waals surface area contributed by atoms with E-state index >= 15 is 0 Å². The van der Waals surface area contributed by atoms with Gasteiger partial charge in [0, 0.05) is 32.8 Å². The van der Waals surface area contributed by atoms with Crippen LogP contribution >= 0.6 is 0 Å². The van der Waals surface area contributed by atoms with Crippen molar-refractivity contribution in [3.63, 3.8) is 0 Å². The zero-order valence-corrected chi connectivity index (χ0v) is 32.8. The van der Waals surface area contributed by atoms with E-state index < -0.39 is 0 Å². The lowest BCUT2D eigenvalue weighted by molar-refractivity contribution is 1.20. The number of anilines is 3. The molecular formula is C58H38N2. The second-order valence-electron chi connectivity index (χ2n) is 15.7. The van der Waals surface area contributed by atoms with Gasteiger partial charge in [0.15, 0.2) is 0 Å². The van der Waals surface area contributed by atoms with Crippen LogP contribution in [0.5, 0.6) is 0 Å². The van der Waals surface area contributed by atoms with E-state index in [0.717, 1.165) is 17.1 Å². The summed E-state index contributed by atoms with van der Waals surface area (Å²) in [6.45, 7) is 0. The predicted molar refractivity (Wildman–Crippen MR) is 255 cm³/mol. The summed E-state index contributed by atoms with van der Waals surface area (Å²) in [7, 11) is 0. The van der Waals surface area contributed by atoms with Gasteiger partial charge >= 0.3 is 0 Å². The average molecular weight is 763 g/mol. The Morgan fingerprint density at radius 2 is 0.817 bits per heavy atom. The van der Waals surface area contributed by atoms with Crippen LogP contribution in [0.3, 0.4) is 0 Å². The first-order chi connectivity index (χ1) is 29.8. The van der Waals surface area contributed by atoms with Gasteiger partial charge in [-0.3, -0.25) is 0 Å². The first-order valence-corrected chi connectivity index (χ1v) is 20.7. The largest absolute Gasteiger partial charge is 0.309 e. The number of hydrogen-bond donors (Lipinski definition) is 0. The van der Waals surface area contributed by atoms with Gasteiger partial charge in [-0.25, -0.2) is 0 Å². The summed E-state index contributed by atoms with van der Waals surface area (Å²) in [6.07, 6.45) is 0. The third-order valence-electron chi connectivity index (χ3n) is 12.3.